The van der Waals surface area contributed by atoms with Gasteiger partial charge in [-0.05, 0) is 25.9 Å². The highest BCUT2D eigenvalue weighted by Crippen LogP contribution is 2.30. The van der Waals surface area contributed by atoms with Crippen molar-refractivity contribution in [2.45, 2.75) is 39.0 Å². The molecule has 1 fully saturated rings. The maximum absolute atomic E-state index is 5.43. The van der Waals surface area contributed by atoms with Gasteiger partial charge in [-0.2, -0.15) is 4.37 Å². The fourth-order valence-electron chi connectivity index (χ4n) is 2.50. The lowest BCUT2D eigenvalue weighted by molar-refractivity contribution is 0.0636. The van der Waals surface area contributed by atoms with E-state index < -0.39 is 0 Å². The number of piperidine rings is 1. The Morgan fingerprint density at radius 3 is 2.60 bits per heavy atom. The summed E-state index contributed by atoms with van der Waals surface area (Å²) in [6.07, 6.45) is 2.28. The standard InChI is InChI=1S/C14H26N4OS/c1-13(2,3)11-17-12(20-18-11)16-9-14(10-19-4)5-7-15-8-6-14/h15H,5-10H2,1-4H3,(H,16,17,18). The fraction of sp³-hybridized carbons (Fsp3) is 0.857. The highest BCUT2D eigenvalue weighted by atomic mass is 32.1. The molecule has 0 saturated carbocycles. The zero-order valence-corrected chi connectivity index (χ0v) is 13.8. The molecule has 0 unspecified atom stereocenters. The summed E-state index contributed by atoms with van der Waals surface area (Å²) in [6.45, 7) is 10.2. The van der Waals surface area contributed by atoms with E-state index in [1.165, 1.54) is 11.5 Å². The van der Waals surface area contributed by atoms with E-state index in [4.69, 9.17) is 4.74 Å². The van der Waals surface area contributed by atoms with Crippen LogP contribution in [0, 0.1) is 5.41 Å². The summed E-state index contributed by atoms with van der Waals surface area (Å²) in [7, 11) is 1.78. The molecule has 2 N–H and O–H groups in total. The lowest BCUT2D eigenvalue weighted by Gasteiger charge is -2.37. The number of nitrogens with zero attached hydrogens (tertiary/aromatic N) is 2. The number of rotatable bonds is 5. The number of hydrogen-bond donors (Lipinski definition) is 2. The minimum absolute atomic E-state index is 0.00933. The third-order valence-electron chi connectivity index (χ3n) is 3.83. The van der Waals surface area contributed by atoms with Gasteiger partial charge in [0.1, 0.15) is 5.82 Å². The predicted molar refractivity (Wildman–Crippen MR) is 83.5 cm³/mol. The maximum Gasteiger partial charge on any atom is 0.202 e. The second-order valence-corrected chi connectivity index (χ2v) is 7.46. The molecule has 2 rings (SSSR count). The van der Waals surface area contributed by atoms with Crippen molar-refractivity contribution < 1.29 is 4.74 Å². The molecule has 0 amide bonds. The molecule has 0 aliphatic carbocycles. The van der Waals surface area contributed by atoms with Crippen molar-refractivity contribution in [2.75, 3.05) is 38.7 Å². The first kappa shape index (κ1) is 15.7. The van der Waals surface area contributed by atoms with Gasteiger partial charge in [-0.25, -0.2) is 4.98 Å². The Balaban J connectivity index is 1.97. The van der Waals surface area contributed by atoms with Crippen molar-refractivity contribution in [3.63, 3.8) is 0 Å². The van der Waals surface area contributed by atoms with Crippen LogP contribution in [0.1, 0.15) is 39.4 Å². The van der Waals surface area contributed by atoms with Gasteiger partial charge < -0.3 is 15.4 Å². The molecular formula is C14H26N4OS. The van der Waals surface area contributed by atoms with Gasteiger partial charge in [0.2, 0.25) is 5.13 Å². The topological polar surface area (TPSA) is 59.1 Å². The lowest BCUT2D eigenvalue weighted by Crippen LogP contribution is -2.44. The van der Waals surface area contributed by atoms with Gasteiger partial charge in [0, 0.05) is 36.0 Å². The van der Waals surface area contributed by atoms with E-state index in [2.05, 4.69) is 40.8 Å². The van der Waals surface area contributed by atoms with Crippen LogP contribution in [0.2, 0.25) is 0 Å². The summed E-state index contributed by atoms with van der Waals surface area (Å²) in [5.41, 5.74) is 0.225. The van der Waals surface area contributed by atoms with Crippen LogP contribution in [-0.2, 0) is 10.2 Å². The summed E-state index contributed by atoms with van der Waals surface area (Å²) < 4.78 is 9.88. The third-order valence-corrected chi connectivity index (χ3v) is 4.50. The Hall–Kier alpha value is -0.720. The summed E-state index contributed by atoms with van der Waals surface area (Å²) in [6, 6.07) is 0. The molecule has 1 aliphatic heterocycles. The van der Waals surface area contributed by atoms with Crippen molar-refractivity contribution in [2.24, 2.45) is 5.41 Å². The van der Waals surface area contributed by atoms with Gasteiger partial charge in [-0.15, -0.1) is 0 Å². The van der Waals surface area contributed by atoms with Crippen LogP contribution >= 0.6 is 11.5 Å². The Morgan fingerprint density at radius 1 is 1.35 bits per heavy atom. The van der Waals surface area contributed by atoms with Crippen molar-refractivity contribution >= 4 is 16.7 Å². The molecule has 1 saturated heterocycles. The number of ether oxygens (including phenoxy) is 1. The number of aromatic nitrogens is 2. The molecule has 0 atom stereocenters. The second-order valence-electron chi connectivity index (χ2n) is 6.71. The molecule has 1 aromatic heterocycles. The first-order valence-electron chi connectivity index (χ1n) is 7.23. The first-order valence-corrected chi connectivity index (χ1v) is 8.00. The number of nitrogens with one attached hydrogen (secondary N) is 2. The molecular weight excluding hydrogens is 272 g/mol. The normalized spacial score (nSPS) is 19.0. The van der Waals surface area contributed by atoms with E-state index in [1.54, 1.807) is 7.11 Å². The van der Waals surface area contributed by atoms with Crippen molar-refractivity contribution in [3.8, 4) is 0 Å². The Labute approximate surface area is 125 Å². The second kappa shape index (κ2) is 6.37. The zero-order valence-electron chi connectivity index (χ0n) is 13.0. The molecule has 0 aromatic carbocycles. The van der Waals surface area contributed by atoms with Crippen molar-refractivity contribution in [3.05, 3.63) is 5.82 Å². The fourth-order valence-corrected chi connectivity index (χ4v) is 3.25. The van der Waals surface area contributed by atoms with Crippen LogP contribution in [0.5, 0.6) is 0 Å². The average Bonchev–Trinajstić information content (AvgIpc) is 2.87. The number of anilines is 1. The molecule has 1 aromatic rings. The molecule has 2 heterocycles. The smallest absolute Gasteiger partial charge is 0.202 e. The van der Waals surface area contributed by atoms with Crippen LogP contribution in [0.4, 0.5) is 5.13 Å². The molecule has 5 nitrogen and oxygen atoms in total. The van der Waals surface area contributed by atoms with E-state index >= 15 is 0 Å². The molecule has 0 spiro atoms. The van der Waals surface area contributed by atoms with Crippen LogP contribution in [0.3, 0.4) is 0 Å². The third kappa shape index (κ3) is 3.90. The van der Waals surface area contributed by atoms with E-state index in [9.17, 15) is 0 Å². The first-order chi connectivity index (χ1) is 9.45. The Morgan fingerprint density at radius 2 is 2.05 bits per heavy atom. The highest BCUT2D eigenvalue weighted by molar-refractivity contribution is 7.09. The SMILES string of the molecule is COCC1(CNc2nc(C(C)(C)C)ns2)CCNCC1. The van der Waals surface area contributed by atoms with Gasteiger partial charge in [0.05, 0.1) is 6.61 Å². The molecule has 0 radical (unpaired) electrons. The average molecular weight is 298 g/mol. The Kier molecular flexibility index (Phi) is 4.99. The summed E-state index contributed by atoms with van der Waals surface area (Å²) in [4.78, 5) is 4.60. The number of methoxy groups -OCH3 is 1. The predicted octanol–water partition coefficient (Wildman–Crippen LogP) is 2.26. The molecule has 6 heteroatoms. The summed E-state index contributed by atoms with van der Waals surface area (Å²) in [5, 5.41) is 7.80. The van der Waals surface area contributed by atoms with Crippen LogP contribution in [-0.4, -0.2) is 42.7 Å². The van der Waals surface area contributed by atoms with Gasteiger partial charge in [0.15, 0.2) is 0 Å². The minimum Gasteiger partial charge on any atom is -0.384 e. The monoisotopic (exact) mass is 298 g/mol. The maximum atomic E-state index is 5.43. The van der Waals surface area contributed by atoms with Crippen LogP contribution < -0.4 is 10.6 Å². The minimum atomic E-state index is 0.00933. The van der Waals surface area contributed by atoms with Gasteiger partial charge in [0.25, 0.3) is 0 Å². The van der Waals surface area contributed by atoms with Gasteiger partial charge in [-0.1, -0.05) is 20.8 Å². The van der Waals surface area contributed by atoms with Gasteiger partial charge >= 0.3 is 0 Å². The molecule has 1 aliphatic rings. The van der Waals surface area contributed by atoms with Gasteiger partial charge in [-0.3, -0.25) is 0 Å². The lowest BCUT2D eigenvalue weighted by atomic mass is 9.79. The highest BCUT2D eigenvalue weighted by Gasteiger charge is 2.32. The van der Waals surface area contributed by atoms with E-state index in [0.29, 0.717) is 0 Å². The van der Waals surface area contributed by atoms with Crippen molar-refractivity contribution in [1.29, 1.82) is 0 Å². The van der Waals surface area contributed by atoms with Crippen LogP contribution in [0.15, 0.2) is 0 Å². The van der Waals surface area contributed by atoms with E-state index in [-0.39, 0.29) is 10.8 Å². The largest absolute Gasteiger partial charge is 0.384 e. The zero-order chi connectivity index (χ0) is 14.6. The van der Waals surface area contributed by atoms with E-state index in [1.807, 2.05) is 0 Å². The molecule has 0 bridgehead atoms. The van der Waals surface area contributed by atoms with Crippen LogP contribution in [0.25, 0.3) is 0 Å². The molecule has 114 valence electrons. The summed E-state index contributed by atoms with van der Waals surface area (Å²) in [5.74, 6) is 0.913. The van der Waals surface area contributed by atoms with E-state index in [0.717, 1.165) is 50.0 Å². The quantitative estimate of drug-likeness (QED) is 0.873. The summed E-state index contributed by atoms with van der Waals surface area (Å²) >= 11 is 1.45. The van der Waals surface area contributed by atoms with Crippen molar-refractivity contribution in [1.82, 2.24) is 14.7 Å². The molecule has 20 heavy (non-hydrogen) atoms. The Bertz CT molecular complexity index is 416. The number of hydrogen-bond acceptors (Lipinski definition) is 6.